The van der Waals surface area contributed by atoms with E-state index in [0.29, 0.717) is 5.75 Å². The number of hydrogen-bond acceptors (Lipinski definition) is 7. The first-order chi connectivity index (χ1) is 13.5. The molecule has 0 aliphatic carbocycles. The van der Waals surface area contributed by atoms with Crippen LogP contribution in [0, 0.1) is 0 Å². The molecule has 2 atom stereocenters. The number of nitrogens with one attached hydrogen (secondary N) is 1. The highest BCUT2D eigenvalue weighted by Gasteiger charge is 2.47. The SMILES string of the molecule is COC(=O)[C@H]1CS[C@@H](C(=O)OC)N1C(=O)C[NH+]1CCN(c2ccccc2)CC1. The zero-order chi connectivity index (χ0) is 20.1. The fourth-order valence-electron chi connectivity index (χ4n) is 3.61. The number of anilines is 1. The molecule has 1 N–H and O–H groups in total. The maximum atomic E-state index is 13.0. The number of thioether (sulfide) groups is 1. The minimum absolute atomic E-state index is 0.223. The van der Waals surface area contributed by atoms with Crippen LogP contribution in [0.4, 0.5) is 5.69 Å². The Morgan fingerprint density at radius 2 is 1.71 bits per heavy atom. The van der Waals surface area contributed by atoms with Gasteiger partial charge < -0.3 is 24.2 Å². The maximum absolute atomic E-state index is 13.0. The van der Waals surface area contributed by atoms with Crippen molar-refractivity contribution in [3.8, 4) is 0 Å². The van der Waals surface area contributed by atoms with Crippen molar-refractivity contribution in [2.45, 2.75) is 11.4 Å². The summed E-state index contributed by atoms with van der Waals surface area (Å²) in [5.74, 6) is -0.918. The Kier molecular flexibility index (Phi) is 6.79. The Bertz CT molecular complexity index is 685. The van der Waals surface area contributed by atoms with E-state index in [1.165, 1.54) is 36.6 Å². The summed E-state index contributed by atoms with van der Waals surface area (Å²) in [4.78, 5) is 41.9. The molecule has 2 heterocycles. The van der Waals surface area contributed by atoms with Gasteiger partial charge in [-0.25, -0.2) is 9.59 Å². The molecule has 1 aromatic carbocycles. The summed E-state index contributed by atoms with van der Waals surface area (Å²) < 4.78 is 9.63. The summed E-state index contributed by atoms with van der Waals surface area (Å²) in [5.41, 5.74) is 1.18. The molecular formula is C19H26N3O5S+. The molecule has 8 nitrogen and oxygen atoms in total. The smallest absolute Gasteiger partial charge is 0.339 e. The number of carbonyl (C=O) groups excluding carboxylic acids is 3. The number of methoxy groups -OCH3 is 2. The first kappa shape index (κ1) is 20.5. The third kappa shape index (κ3) is 4.41. The molecule has 0 spiro atoms. The van der Waals surface area contributed by atoms with Gasteiger partial charge >= 0.3 is 11.9 Å². The lowest BCUT2D eigenvalue weighted by Crippen LogP contribution is -3.16. The van der Waals surface area contributed by atoms with E-state index < -0.39 is 23.4 Å². The number of quaternary nitrogens is 1. The van der Waals surface area contributed by atoms with Crippen molar-refractivity contribution in [1.29, 1.82) is 0 Å². The van der Waals surface area contributed by atoms with Crippen molar-refractivity contribution in [2.24, 2.45) is 0 Å². The third-order valence-electron chi connectivity index (χ3n) is 5.16. The Morgan fingerprint density at radius 3 is 2.32 bits per heavy atom. The number of esters is 2. The predicted octanol–water partition coefficient (Wildman–Crippen LogP) is -0.992. The van der Waals surface area contributed by atoms with Gasteiger partial charge in [-0.3, -0.25) is 4.79 Å². The number of carbonyl (C=O) groups is 3. The normalized spacial score (nSPS) is 22.8. The van der Waals surface area contributed by atoms with E-state index in [1.807, 2.05) is 18.2 Å². The molecule has 28 heavy (non-hydrogen) atoms. The molecule has 9 heteroatoms. The summed E-state index contributed by atoms with van der Waals surface area (Å²) in [6, 6.07) is 9.44. The maximum Gasteiger partial charge on any atom is 0.339 e. The highest BCUT2D eigenvalue weighted by Crippen LogP contribution is 2.30. The average Bonchev–Trinajstić information content (AvgIpc) is 3.19. The van der Waals surface area contributed by atoms with Crippen LogP contribution in [0.2, 0.25) is 0 Å². The summed E-state index contributed by atoms with van der Waals surface area (Å²) in [5, 5.41) is -0.799. The molecule has 2 fully saturated rings. The number of piperazine rings is 1. The highest BCUT2D eigenvalue weighted by molar-refractivity contribution is 8.00. The first-order valence-corrected chi connectivity index (χ1v) is 10.3. The lowest BCUT2D eigenvalue weighted by atomic mass is 10.2. The molecule has 2 aliphatic rings. The monoisotopic (exact) mass is 408 g/mol. The van der Waals surface area contributed by atoms with Crippen molar-refractivity contribution in [3.05, 3.63) is 30.3 Å². The van der Waals surface area contributed by atoms with E-state index >= 15 is 0 Å². The Balaban J connectivity index is 1.62. The first-order valence-electron chi connectivity index (χ1n) is 9.27. The van der Waals surface area contributed by atoms with Gasteiger partial charge in [-0.1, -0.05) is 18.2 Å². The van der Waals surface area contributed by atoms with Crippen LogP contribution >= 0.6 is 11.8 Å². The van der Waals surface area contributed by atoms with Crippen LogP contribution in [-0.2, 0) is 23.9 Å². The minimum atomic E-state index is -0.799. The standard InChI is InChI=1S/C19H25N3O5S/c1-26-18(24)15-13-28-17(19(25)27-2)22(15)16(23)12-20-8-10-21(11-9-20)14-6-4-3-5-7-14/h3-7,15,17H,8-13H2,1-2H3/p+1/t15-,17+/m1/s1. The predicted molar refractivity (Wildman–Crippen MR) is 105 cm³/mol. The van der Waals surface area contributed by atoms with E-state index in [9.17, 15) is 14.4 Å². The summed E-state index contributed by atoms with van der Waals surface area (Å²) >= 11 is 1.24. The molecule has 152 valence electrons. The average molecular weight is 409 g/mol. The largest absolute Gasteiger partial charge is 0.467 e. The molecule has 0 bridgehead atoms. The summed E-state index contributed by atoms with van der Waals surface area (Å²) in [6.07, 6.45) is 0. The molecule has 2 saturated heterocycles. The summed E-state index contributed by atoms with van der Waals surface area (Å²) in [6.45, 7) is 3.56. The second kappa shape index (κ2) is 9.29. The van der Waals surface area contributed by atoms with E-state index in [-0.39, 0.29) is 12.5 Å². The molecular weight excluding hydrogens is 382 g/mol. The van der Waals surface area contributed by atoms with Crippen LogP contribution < -0.4 is 9.80 Å². The van der Waals surface area contributed by atoms with Gasteiger partial charge in [-0.15, -0.1) is 11.8 Å². The second-order valence-electron chi connectivity index (χ2n) is 6.80. The molecule has 1 aromatic rings. The van der Waals surface area contributed by atoms with Crippen LogP contribution in [0.25, 0.3) is 0 Å². The van der Waals surface area contributed by atoms with Gasteiger partial charge in [-0.05, 0) is 12.1 Å². The van der Waals surface area contributed by atoms with E-state index in [0.717, 1.165) is 31.1 Å². The fraction of sp³-hybridized carbons (Fsp3) is 0.526. The van der Waals surface area contributed by atoms with Gasteiger partial charge in [-0.2, -0.15) is 0 Å². The van der Waals surface area contributed by atoms with Crippen LogP contribution in [0.5, 0.6) is 0 Å². The number of benzene rings is 1. The van der Waals surface area contributed by atoms with Crippen molar-refractivity contribution < 1.29 is 28.8 Å². The van der Waals surface area contributed by atoms with Crippen molar-refractivity contribution in [1.82, 2.24) is 4.90 Å². The molecule has 2 aliphatic heterocycles. The van der Waals surface area contributed by atoms with Gasteiger partial charge in [0.15, 0.2) is 11.9 Å². The highest BCUT2D eigenvalue weighted by atomic mass is 32.2. The van der Waals surface area contributed by atoms with Gasteiger partial charge in [0.05, 0.1) is 40.4 Å². The van der Waals surface area contributed by atoms with Crippen molar-refractivity contribution in [2.75, 3.05) is 57.6 Å². The lowest BCUT2D eigenvalue weighted by Gasteiger charge is -2.34. The Morgan fingerprint density at radius 1 is 1.07 bits per heavy atom. The molecule has 1 amide bonds. The number of nitrogens with zero attached hydrogens (tertiary/aromatic N) is 2. The van der Waals surface area contributed by atoms with E-state index in [1.54, 1.807) is 0 Å². The van der Waals surface area contributed by atoms with Crippen molar-refractivity contribution >= 4 is 35.3 Å². The van der Waals surface area contributed by atoms with Gasteiger partial charge in [0, 0.05) is 11.4 Å². The van der Waals surface area contributed by atoms with E-state index in [4.69, 9.17) is 9.47 Å². The van der Waals surface area contributed by atoms with Crippen molar-refractivity contribution in [3.63, 3.8) is 0 Å². The van der Waals surface area contributed by atoms with Gasteiger partial charge in [0.25, 0.3) is 5.91 Å². The quantitative estimate of drug-likeness (QED) is 0.627. The topological polar surface area (TPSA) is 80.6 Å². The van der Waals surface area contributed by atoms with Gasteiger partial charge in [0.2, 0.25) is 0 Å². The fourth-order valence-corrected chi connectivity index (χ4v) is 4.93. The van der Waals surface area contributed by atoms with E-state index in [2.05, 4.69) is 17.0 Å². The number of amides is 1. The van der Waals surface area contributed by atoms with Gasteiger partial charge in [0.1, 0.15) is 6.04 Å². The molecule has 3 rings (SSSR count). The second-order valence-corrected chi connectivity index (χ2v) is 7.91. The van der Waals surface area contributed by atoms with Crippen LogP contribution in [0.3, 0.4) is 0 Å². The molecule has 0 unspecified atom stereocenters. The Hall–Kier alpha value is -2.26. The number of ether oxygens (including phenoxy) is 2. The zero-order valence-electron chi connectivity index (χ0n) is 16.1. The zero-order valence-corrected chi connectivity index (χ0v) is 16.9. The lowest BCUT2D eigenvalue weighted by molar-refractivity contribution is -0.892. The third-order valence-corrected chi connectivity index (χ3v) is 6.40. The molecule has 0 radical (unpaired) electrons. The summed E-state index contributed by atoms with van der Waals surface area (Å²) in [7, 11) is 2.57. The number of hydrogen-bond donors (Lipinski definition) is 1. The van der Waals surface area contributed by atoms with Crippen LogP contribution in [-0.4, -0.2) is 86.9 Å². The van der Waals surface area contributed by atoms with Crippen LogP contribution in [0.15, 0.2) is 30.3 Å². The Labute approximate surface area is 168 Å². The molecule has 0 aromatic heterocycles. The number of rotatable bonds is 5. The minimum Gasteiger partial charge on any atom is -0.467 e. The molecule has 0 saturated carbocycles. The van der Waals surface area contributed by atoms with Crippen LogP contribution in [0.1, 0.15) is 0 Å². The number of para-hydroxylation sites is 1.